The Morgan fingerprint density at radius 2 is 1.91 bits per heavy atom. The zero-order valence-electron chi connectivity index (χ0n) is 17.0. The standard InChI is InChI=1S/C21H19F3N4O4/c1-28(15-5-6-16-17(12-15)31-10-9-30-16)8-7-25-19(29)14-4-2-3-13(11-14)18-26-20(32-27-18)21(22,23)24/h2-6,11-12H,7-10H2,1H3,(H,25,29). The van der Waals surface area contributed by atoms with Crippen LogP contribution in [-0.4, -0.2) is 49.4 Å². The number of carbonyl (C=O) groups is 1. The summed E-state index contributed by atoms with van der Waals surface area (Å²) < 4.78 is 53.3. The van der Waals surface area contributed by atoms with E-state index in [-0.39, 0.29) is 22.9 Å². The van der Waals surface area contributed by atoms with Gasteiger partial charge in [-0.15, -0.1) is 0 Å². The zero-order valence-corrected chi connectivity index (χ0v) is 17.0. The molecule has 168 valence electrons. The van der Waals surface area contributed by atoms with Gasteiger partial charge in [-0.05, 0) is 24.3 Å². The highest BCUT2D eigenvalue weighted by atomic mass is 19.4. The topological polar surface area (TPSA) is 89.7 Å². The van der Waals surface area contributed by atoms with Crippen LogP contribution in [0.1, 0.15) is 16.2 Å². The molecule has 8 nitrogen and oxygen atoms in total. The fourth-order valence-electron chi connectivity index (χ4n) is 3.09. The number of anilines is 1. The predicted octanol–water partition coefficient (Wildman–Crippen LogP) is 3.39. The number of likely N-dealkylation sites (N-methyl/N-ethyl adjacent to an activating group) is 1. The number of aromatic nitrogens is 2. The lowest BCUT2D eigenvalue weighted by Gasteiger charge is -2.23. The van der Waals surface area contributed by atoms with Crippen LogP contribution in [0.5, 0.6) is 11.5 Å². The number of benzene rings is 2. The summed E-state index contributed by atoms with van der Waals surface area (Å²) in [6.45, 7) is 1.88. The molecule has 0 radical (unpaired) electrons. The molecular formula is C21H19F3N4O4. The summed E-state index contributed by atoms with van der Waals surface area (Å²) in [5.41, 5.74) is 1.41. The van der Waals surface area contributed by atoms with Crippen molar-refractivity contribution in [3.8, 4) is 22.9 Å². The molecule has 1 amide bonds. The molecule has 1 aliphatic rings. The lowest BCUT2D eigenvalue weighted by Crippen LogP contribution is -2.33. The highest BCUT2D eigenvalue weighted by Crippen LogP contribution is 2.33. The van der Waals surface area contributed by atoms with Crippen molar-refractivity contribution < 1.29 is 32.0 Å². The van der Waals surface area contributed by atoms with Crippen LogP contribution in [0.2, 0.25) is 0 Å². The van der Waals surface area contributed by atoms with Crippen molar-refractivity contribution in [2.45, 2.75) is 6.18 Å². The second-order valence-corrected chi connectivity index (χ2v) is 7.01. The predicted molar refractivity (Wildman–Crippen MR) is 108 cm³/mol. The van der Waals surface area contributed by atoms with E-state index in [9.17, 15) is 18.0 Å². The molecule has 4 rings (SSSR count). The van der Waals surface area contributed by atoms with Crippen LogP contribution in [0.25, 0.3) is 11.4 Å². The summed E-state index contributed by atoms with van der Waals surface area (Å²) in [4.78, 5) is 17.8. The number of fused-ring (bicyclic) bond motifs is 1. The summed E-state index contributed by atoms with van der Waals surface area (Å²) in [6.07, 6.45) is -4.73. The molecule has 3 aromatic rings. The molecule has 2 heterocycles. The first-order valence-electron chi connectivity index (χ1n) is 9.71. The maximum absolute atomic E-state index is 12.7. The van der Waals surface area contributed by atoms with Crippen LogP contribution >= 0.6 is 0 Å². The Bertz CT molecular complexity index is 1120. The van der Waals surface area contributed by atoms with Gasteiger partial charge >= 0.3 is 12.1 Å². The van der Waals surface area contributed by atoms with E-state index in [1.165, 1.54) is 18.2 Å². The number of hydrogen-bond acceptors (Lipinski definition) is 7. The molecule has 1 aliphatic heterocycles. The number of halogens is 3. The van der Waals surface area contributed by atoms with Crippen molar-refractivity contribution in [3.05, 3.63) is 53.9 Å². The van der Waals surface area contributed by atoms with Crippen molar-refractivity contribution in [2.75, 3.05) is 38.3 Å². The highest BCUT2D eigenvalue weighted by Gasteiger charge is 2.38. The maximum Gasteiger partial charge on any atom is 0.471 e. The van der Waals surface area contributed by atoms with E-state index in [0.717, 1.165) is 5.69 Å². The van der Waals surface area contributed by atoms with Crippen LogP contribution in [-0.2, 0) is 6.18 Å². The summed E-state index contributed by atoms with van der Waals surface area (Å²) in [5, 5.41) is 6.13. The van der Waals surface area contributed by atoms with Gasteiger partial charge in [0.2, 0.25) is 5.82 Å². The van der Waals surface area contributed by atoms with E-state index >= 15 is 0 Å². The number of amides is 1. The van der Waals surface area contributed by atoms with Gasteiger partial charge in [0, 0.05) is 43.0 Å². The minimum absolute atomic E-state index is 0.241. The van der Waals surface area contributed by atoms with Crippen molar-refractivity contribution in [3.63, 3.8) is 0 Å². The van der Waals surface area contributed by atoms with Crippen molar-refractivity contribution in [2.24, 2.45) is 0 Å². The molecule has 0 spiro atoms. The van der Waals surface area contributed by atoms with Gasteiger partial charge < -0.3 is 24.2 Å². The molecule has 1 N–H and O–H groups in total. The van der Waals surface area contributed by atoms with Crippen LogP contribution in [0.4, 0.5) is 18.9 Å². The zero-order chi connectivity index (χ0) is 22.7. The fraction of sp³-hybridized carbons (Fsp3) is 0.286. The molecule has 0 aliphatic carbocycles. The van der Waals surface area contributed by atoms with E-state index in [4.69, 9.17) is 9.47 Å². The van der Waals surface area contributed by atoms with Gasteiger partial charge in [-0.1, -0.05) is 17.3 Å². The third-order valence-corrected chi connectivity index (χ3v) is 4.75. The number of hydrogen-bond donors (Lipinski definition) is 1. The van der Waals surface area contributed by atoms with E-state index in [1.807, 2.05) is 30.1 Å². The van der Waals surface area contributed by atoms with Crippen molar-refractivity contribution in [1.29, 1.82) is 0 Å². The molecule has 32 heavy (non-hydrogen) atoms. The second kappa shape index (κ2) is 8.77. The Labute approximate surface area is 180 Å². The smallest absolute Gasteiger partial charge is 0.471 e. The van der Waals surface area contributed by atoms with E-state index in [0.29, 0.717) is 37.8 Å². The molecule has 0 bridgehead atoms. The van der Waals surface area contributed by atoms with Crippen LogP contribution < -0.4 is 19.7 Å². The number of ether oxygens (including phenoxy) is 2. The quantitative estimate of drug-likeness (QED) is 0.618. The first kappa shape index (κ1) is 21.5. The molecule has 0 saturated carbocycles. The first-order valence-corrected chi connectivity index (χ1v) is 9.71. The normalized spacial score (nSPS) is 13.0. The summed E-state index contributed by atoms with van der Waals surface area (Å²) >= 11 is 0. The number of alkyl halides is 3. The number of nitrogens with one attached hydrogen (secondary N) is 1. The lowest BCUT2D eigenvalue weighted by molar-refractivity contribution is -0.159. The average Bonchev–Trinajstić information content (AvgIpc) is 3.30. The Kier molecular flexibility index (Phi) is 5.89. The number of carbonyl (C=O) groups excluding carboxylic acids is 1. The average molecular weight is 448 g/mol. The Balaban J connectivity index is 1.35. The Morgan fingerprint density at radius 1 is 1.12 bits per heavy atom. The van der Waals surface area contributed by atoms with E-state index in [1.54, 1.807) is 6.07 Å². The molecule has 0 atom stereocenters. The van der Waals surface area contributed by atoms with Crippen molar-refractivity contribution >= 4 is 11.6 Å². The van der Waals surface area contributed by atoms with Crippen LogP contribution in [0.15, 0.2) is 47.0 Å². The molecule has 11 heteroatoms. The first-order chi connectivity index (χ1) is 15.3. The molecule has 0 saturated heterocycles. The fourth-order valence-corrected chi connectivity index (χ4v) is 3.09. The maximum atomic E-state index is 12.7. The number of nitrogens with zero attached hydrogens (tertiary/aromatic N) is 3. The largest absolute Gasteiger partial charge is 0.486 e. The lowest BCUT2D eigenvalue weighted by atomic mass is 10.1. The molecule has 0 unspecified atom stereocenters. The molecule has 1 aromatic heterocycles. The monoisotopic (exact) mass is 448 g/mol. The van der Waals surface area contributed by atoms with Gasteiger partial charge in [0.25, 0.3) is 5.91 Å². The molecule has 0 fully saturated rings. The third kappa shape index (κ3) is 4.76. The van der Waals surface area contributed by atoms with Gasteiger partial charge in [0.05, 0.1) is 0 Å². The minimum Gasteiger partial charge on any atom is -0.486 e. The van der Waals surface area contributed by atoms with E-state index < -0.39 is 12.1 Å². The van der Waals surface area contributed by atoms with Gasteiger partial charge in [0.15, 0.2) is 11.5 Å². The van der Waals surface area contributed by atoms with Gasteiger partial charge in [0.1, 0.15) is 13.2 Å². The van der Waals surface area contributed by atoms with Crippen molar-refractivity contribution in [1.82, 2.24) is 15.5 Å². The van der Waals surface area contributed by atoms with E-state index in [2.05, 4.69) is 20.0 Å². The summed E-state index contributed by atoms with van der Waals surface area (Å²) in [5.74, 6) is -0.682. The SMILES string of the molecule is CN(CCNC(=O)c1cccc(-c2noc(C(F)(F)F)n2)c1)c1ccc2c(c1)OCCO2. The minimum atomic E-state index is -4.73. The molecule has 2 aromatic carbocycles. The van der Waals surface area contributed by atoms with Gasteiger partial charge in [-0.2, -0.15) is 18.2 Å². The molecular weight excluding hydrogens is 429 g/mol. The van der Waals surface area contributed by atoms with Gasteiger partial charge in [-0.25, -0.2) is 0 Å². The van der Waals surface area contributed by atoms with Crippen LogP contribution in [0.3, 0.4) is 0 Å². The van der Waals surface area contributed by atoms with Gasteiger partial charge in [-0.3, -0.25) is 4.79 Å². The summed E-state index contributed by atoms with van der Waals surface area (Å²) in [7, 11) is 1.88. The highest BCUT2D eigenvalue weighted by molar-refractivity contribution is 5.95. The second-order valence-electron chi connectivity index (χ2n) is 7.01. The number of rotatable bonds is 6. The van der Waals surface area contributed by atoms with Crippen LogP contribution in [0, 0.1) is 0 Å². The third-order valence-electron chi connectivity index (χ3n) is 4.75. The summed E-state index contributed by atoms with van der Waals surface area (Å²) in [6, 6.07) is 11.6. The Morgan fingerprint density at radius 3 is 2.66 bits per heavy atom. The Hall–Kier alpha value is -3.76.